The first-order chi connectivity index (χ1) is 15.0. The number of aryl methyl sites for hydroxylation is 1. The van der Waals surface area contributed by atoms with Crippen LogP contribution < -0.4 is 5.32 Å². The van der Waals surface area contributed by atoms with Gasteiger partial charge in [-0.25, -0.2) is 0 Å². The molecule has 2 aromatic heterocycles. The Morgan fingerprint density at radius 3 is 2.68 bits per heavy atom. The van der Waals surface area contributed by atoms with Gasteiger partial charge in [0.2, 0.25) is 5.91 Å². The molecule has 0 spiro atoms. The Hall–Kier alpha value is -2.88. The van der Waals surface area contributed by atoms with Gasteiger partial charge in [-0.15, -0.1) is 10.2 Å². The molecule has 8 nitrogen and oxygen atoms in total. The zero-order chi connectivity index (χ0) is 21.8. The number of amides is 1. The minimum atomic E-state index is -0.297. The third-order valence-corrected chi connectivity index (χ3v) is 5.69. The molecule has 0 bridgehead atoms. The molecule has 1 N–H and O–H groups in total. The van der Waals surface area contributed by atoms with E-state index < -0.39 is 0 Å². The van der Waals surface area contributed by atoms with E-state index in [0.717, 1.165) is 5.56 Å². The Morgan fingerprint density at radius 2 is 1.97 bits per heavy atom. The van der Waals surface area contributed by atoms with Crippen LogP contribution in [-0.2, 0) is 11.3 Å². The number of benzene rings is 2. The molecule has 2 aromatic carbocycles. The summed E-state index contributed by atoms with van der Waals surface area (Å²) in [5.41, 5.74) is 1.76. The lowest BCUT2D eigenvalue weighted by molar-refractivity contribution is -0.114. The van der Waals surface area contributed by atoms with Crippen LogP contribution in [0.5, 0.6) is 0 Å². The maximum atomic E-state index is 12.3. The smallest absolute Gasteiger partial charge is 0.315 e. The molecule has 158 valence electrons. The van der Waals surface area contributed by atoms with Gasteiger partial charge in [-0.3, -0.25) is 14.7 Å². The van der Waals surface area contributed by atoms with Crippen molar-refractivity contribution in [3.05, 3.63) is 70.0 Å². The van der Waals surface area contributed by atoms with Crippen LogP contribution in [0.4, 0.5) is 6.01 Å². The first kappa shape index (κ1) is 21.4. The molecular weight excluding hydrogens is 459 g/mol. The molecule has 31 heavy (non-hydrogen) atoms. The zero-order valence-corrected chi connectivity index (χ0v) is 18.6. The second-order valence-electron chi connectivity index (χ2n) is 6.49. The van der Waals surface area contributed by atoms with Crippen LogP contribution in [0, 0.1) is 6.92 Å². The number of carbonyl (C=O) groups is 1. The fraction of sp³-hybridized carbons (Fsp3) is 0.150. The van der Waals surface area contributed by atoms with Gasteiger partial charge in [0, 0.05) is 10.6 Å². The lowest BCUT2D eigenvalue weighted by atomic mass is 10.2. The van der Waals surface area contributed by atoms with Crippen molar-refractivity contribution < 1.29 is 9.32 Å². The molecule has 4 aromatic rings. The van der Waals surface area contributed by atoms with Crippen LogP contribution in [0.25, 0.3) is 11.4 Å². The molecule has 0 aliphatic rings. The van der Waals surface area contributed by atoms with Gasteiger partial charge in [0.15, 0.2) is 16.8 Å². The molecule has 4 rings (SSSR count). The second-order valence-corrected chi connectivity index (χ2v) is 8.27. The summed E-state index contributed by atoms with van der Waals surface area (Å²) in [6, 6.07) is 15.1. The van der Waals surface area contributed by atoms with Crippen molar-refractivity contribution in [2.24, 2.45) is 0 Å². The number of carbonyl (C=O) groups excluding carboxylic acids is 1. The lowest BCUT2D eigenvalue weighted by Gasteiger charge is -2.11. The van der Waals surface area contributed by atoms with Crippen LogP contribution in [0.15, 0.2) is 58.2 Å². The summed E-state index contributed by atoms with van der Waals surface area (Å²) in [6.45, 7) is 2.18. The van der Waals surface area contributed by atoms with Gasteiger partial charge < -0.3 is 4.52 Å². The summed E-state index contributed by atoms with van der Waals surface area (Å²) in [4.78, 5) is 16.2. The molecular formula is C20H16Cl2N6O2S. The Balaban J connectivity index is 1.59. The molecule has 0 radical (unpaired) electrons. The van der Waals surface area contributed by atoms with E-state index in [2.05, 4.69) is 25.7 Å². The molecule has 0 atom stereocenters. The molecule has 0 fully saturated rings. The van der Waals surface area contributed by atoms with Crippen molar-refractivity contribution >= 4 is 46.9 Å². The summed E-state index contributed by atoms with van der Waals surface area (Å²) < 4.78 is 6.83. The Labute approximate surface area is 192 Å². The van der Waals surface area contributed by atoms with Crippen molar-refractivity contribution in [2.45, 2.75) is 18.6 Å². The van der Waals surface area contributed by atoms with Crippen molar-refractivity contribution in [1.82, 2.24) is 24.9 Å². The van der Waals surface area contributed by atoms with E-state index in [1.165, 1.54) is 11.8 Å². The van der Waals surface area contributed by atoms with Crippen LogP contribution in [0.3, 0.4) is 0 Å². The number of nitrogens with zero attached hydrogens (tertiary/aromatic N) is 5. The number of thioether (sulfide) groups is 1. The van der Waals surface area contributed by atoms with Crippen molar-refractivity contribution in [1.29, 1.82) is 0 Å². The lowest BCUT2D eigenvalue weighted by Crippen LogP contribution is -2.15. The van der Waals surface area contributed by atoms with E-state index >= 15 is 0 Å². The monoisotopic (exact) mass is 474 g/mol. The second kappa shape index (κ2) is 9.51. The summed E-state index contributed by atoms with van der Waals surface area (Å²) in [5, 5.41) is 16.4. The molecule has 0 aliphatic carbocycles. The maximum Gasteiger partial charge on any atom is 0.328 e. The maximum absolute atomic E-state index is 12.3. The molecule has 0 aliphatic heterocycles. The Morgan fingerprint density at radius 1 is 1.16 bits per heavy atom. The predicted octanol–water partition coefficient (Wildman–Crippen LogP) is 4.72. The number of aromatic nitrogens is 5. The largest absolute Gasteiger partial charge is 0.328 e. The number of nitrogens with one attached hydrogen (secondary N) is 1. The normalized spacial score (nSPS) is 10.9. The van der Waals surface area contributed by atoms with E-state index in [0.29, 0.717) is 39.0 Å². The highest BCUT2D eigenvalue weighted by atomic mass is 35.5. The summed E-state index contributed by atoms with van der Waals surface area (Å²) in [6.07, 6.45) is 0. The van der Waals surface area contributed by atoms with Gasteiger partial charge in [0.25, 0.3) is 0 Å². The van der Waals surface area contributed by atoms with Gasteiger partial charge in [0.05, 0.1) is 17.3 Å². The van der Waals surface area contributed by atoms with Gasteiger partial charge in [-0.1, -0.05) is 70.5 Å². The van der Waals surface area contributed by atoms with E-state index in [1.807, 2.05) is 34.9 Å². The highest BCUT2D eigenvalue weighted by Gasteiger charge is 2.19. The van der Waals surface area contributed by atoms with Gasteiger partial charge in [-0.05, 0) is 30.7 Å². The Kier molecular flexibility index (Phi) is 6.55. The summed E-state index contributed by atoms with van der Waals surface area (Å²) in [5.74, 6) is 0.813. The number of anilines is 1. The fourth-order valence-corrected chi connectivity index (χ4v) is 4.04. The van der Waals surface area contributed by atoms with Crippen molar-refractivity contribution in [3.63, 3.8) is 0 Å². The average molecular weight is 475 g/mol. The third-order valence-electron chi connectivity index (χ3n) is 4.18. The van der Waals surface area contributed by atoms with Crippen LogP contribution >= 0.6 is 35.0 Å². The molecule has 11 heteroatoms. The Bertz CT molecular complexity index is 1210. The van der Waals surface area contributed by atoms with Crippen LogP contribution in [-0.4, -0.2) is 36.6 Å². The molecule has 0 unspecified atom stereocenters. The average Bonchev–Trinajstić information content (AvgIpc) is 3.33. The molecule has 0 saturated heterocycles. The molecule has 1 amide bonds. The van der Waals surface area contributed by atoms with E-state index in [-0.39, 0.29) is 17.7 Å². The van der Waals surface area contributed by atoms with Gasteiger partial charge in [-0.2, -0.15) is 4.98 Å². The predicted molar refractivity (Wildman–Crippen MR) is 119 cm³/mol. The number of halogens is 2. The highest BCUT2D eigenvalue weighted by molar-refractivity contribution is 7.99. The minimum absolute atomic E-state index is 0.0579. The van der Waals surface area contributed by atoms with Crippen LogP contribution in [0.2, 0.25) is 10.0 Å². The van der Waals surface area contributed by atoms with Crippen molar-refractivity contribution in [2.75, 3.05) is 11.1 Å². The SMILES string of the molecule is Cc1noc(NC(=O)CSc2nnc(-c3ccc(Cl)cc3Cl)n2Cc2ccccc2)n1. The molecule has 0 saturated carbocycles. The van der Waals surface area contributed by atoms with Gasteiger partial charge >= 0.3 is 6.01 Å². The van der Waals surface area contributed by atoms with Gasteiger partial charge in [0.1, 0.15) is 0 Å². The number of hydrogen-bond acceptors (Lipinski definition) is 7. The van der Waals surface area contributed by atoms with Crippen LogP contribution in [0.1, 0.15) is 11.4 Å². The number of hydrogen-bond donors (Lipinski definition) is 1. The van der Waals surface area contributed by atoms with Crippen molar-refractivity contribution in [3.8, 4) is 11.4 Å². The first-order valence-electron chi connectivity index (χ1n) is 9.15. The topological polar surface area (TPSA) is 98.7 Å². The zero-order valence-electron chi connectivity index (χ0n) is 16.2. The first-order valence-corrected chi connectivity index (χ1v) is 10.9. The fourth-order valence-electron chi connectivity index (χ4n) is 2.81. The highest BCUT2D eigenvalue weighted by Crippen LogP contribution is 2.32. The third kappa shape index (κ3) is 5.25. The standard InChI is InChI=1S/C20H16Cl2N6O2S/c1-12-23-19(30-27-12)24-17(29)11-31-20-26-25-18(15-8-7-14(21)9-16(15)22)28(20)10-13-5-3-2-4-6-13/h2-9H,10-11H2,1H3,(H,23,24,27,29). The van der Waals surface area contributed by atoms with E-state index in [1.54, 1.807) is 25.1 Å². The quantitative estimate of drug-likeness (QED) is 0.386. The molecule has 2 heterocycles. The van der Waals surface area contributed by atoms with E-state index in [4.69, 9.17) is 27.7 Å². The number of rotatable bonds is 7. The summed E-state index contributed by atoms with van der Waals surface area (Å²) >= 11 is 13.7. The minimum Gasteiger partial charge on any atom is -0.315 e. The summed E-state index contributed by atoms with van der Waals surface area (Å²) in [7, 11) is 0. The van der Waals surface area contributed by atoms with E-state index in [9.17, 15) is 4.79 Å².